The number of rotatable bonds is 6. The minimum absolute atomic E-state index is 0.306. The fourth-order valence-corrected chi connectivity index (χ4v) is 6.87. The molecule has 168 valence electrons. The molecule has 32 heavy (non-hydrogen) atoms. The van der Waals surface area contributed by atoms with E-state index in [1.54, 1.807) is 0 Å². The van der Waals surface area contributed by atoms with E-state index in [1.807, 2.05) is 30.3 Å². The van der Waals surface area contributed by atoms with E-state index in [1.165, 1.54) is 5.52 Å². The third-order valence-electron chi connectivity index (χ3n) is 6.86. The fraction of sp³-hybridized carbons (Fsp3) is 0.440. The average molecular weight is 451 g/mol. The average Bonchev–Trinajstić information content (AvgIpc) is 3.12. The van der Waals surface area contributed by atoms with Crippen molar-refractivity contribution in [3.63, 3.8) is 0 Å². The molecule has 0 spiro atoms. The number of aryl methyl sites for hydroxylation is 1. The van der Waals surface area contributed by atoms with Gasteiger partial charge in [-0.2, -0.15) is 11.8 Å². The topological polar surface area (TPSA) is 73.4 Å². The second kappa shape index (κ2) is 9.16. The van der Waals surface area contributed by atoms with Crippen LogP contribution in [0.25, 0.3) is 11.0 Å². The van der Waals surface area contributed by atoms with E-state index >= 15 is 0 Å². The van der Waals surface area contributed by atoms with Gasteiger partial charge in [-0.1, -0.05) is 42.5 Å². The smallest absolute Gasteiger partial charge is 0.405 e. The largest absolute Gasteiger partial charge is 0.441 e. The number of para-hydroxylation sites is 2. The van der Waals surface area contributed by atoms with Crippen molar-refractivity contribution in [3.8, 4) is 0 Å². The summed E-state index contributed by atoms with van der Waals surface area (Å²) in [4.78, 5) is 19.0. The molecule has 2 fully saturated rings. The quantitative estimate of drug-likeness (QED) is 0.590. The fourth-order valence-electron chi connectivity index (χ4n) is 5.53. The number of benzene rings is 2. The molecule has 0 saturated carbocycles. The zero-order valence-electron chi connectivity index (χ0n) is 18.4. The van der Waals surface area contributed by atoms with Crippen molar-refractivity contribution in [1.82, 2.24) is 14.5 Å². The van der Waals surface area contributed by atoms with Crippen LogP contribution < -0.4 is 5.73 Å². The summed E-state index contributed by atoms with van der Waals surface area (Å²) >= 11 is 2.07. The van der Waals surface area contributed by atoms with Gasteiger partial charge in [-0.05, 0) is 37.5 Å². The molecule has 3 atom stereocenters. The standard InChI is InChI=1S/C25H30N4O2S/c1-17-27-22-9-5-6-10-23(22)29(17)19-13-20-15-32-16-21(14-19)28(20)12-11-24(31-25(26)30)18-7-3-2-4-8-18/h2-10,19-21,24H,11-16H2,1H3,(H2,26,30)/t20-,21-,24-/m0/s1. The Bertz CT molecular complexity index is 1070. The highest BCUT2D eigenvalue weighted by molar-refractivity contribution is 7.99. The molecular weight excluding hydrogens is 420 g/mol. The van der Waals surface area contributed by atoms with Gasteiger partial charge in [0.05, 0.1) is 11.0 Å². The predicted molar refractivity (Wildman–Crippen MR) is 129 cm³/mol. The summed E-state index contributed by atoms with van der Waals surface area (Å²) in [6.45, 7) is 3.03. The molecule has 0 radical (unpaired) electrons. The SMILES string of the molecule is Cc1nc2ccccc2n1C1C[C@H]2CSC[C@H](C1)N2CC[C@H](OC(N)=O)c1ccccc1. The Morgan fingerprint density at radius 2 is 1.78 bits per heavy atom. The lowest BCUT2D eigenvalue weighted by molar-refractivity contribution is 0.0465. The van der Waals surface area contributed by atoms with E-state index in [0.29, 0.717) is 18.1 Å². The Morgan fingerprint density at radius 1 is 1.09 bits per heavy atom. The number of piperidine rings is 1. The molecule has 6 nitrogen and oxygen atoms in total. The number of ether oxygens (including phenoxy) is 1. The first-order chi connectivity index (χ1) is 15.6. The normalized spacial score (nSPS) is 24.3. The van der Waals surface area contributed by atoms with E-state index in [-0.39, 0.29) is 6.10 Å². The lowest BCUT2D eigenvalue weighted by Crippen LogP contribution is -2.55. The number of hydrogen-bond donors (Lipinski definition) is 1. The van der Waals surface area contributed by atoms with Gasteiger partial charge in [-0.25, -0.2) is 9.78 Å². The highest BCUT2D eigenvalue weighted by atomic mass is 32.2. The molecule has 2 aliphatic heterocycles. The Kier molecular flexibility index (Phi) is 6.11. The van der Waals surface area contributed by atoms with Crippen molar-refractivity contribution in [2.24, 2.45) is 5.73 Å². The number of fused-ring (bicyclic) bond motifs is 3. The van der Waals surface area contributed by atoms with Gasteiger partial charge in [0.25, 0.3) is 0 Å². The summed E-state index contributed by atoms with van der Waals surface area (Å²) in [6, 6.07) is 19.9. The molecule has 2 aliphatic rings. The van der Waals surface area contributed by atoms with Crippen molar-refractivity contribution in [2.75, 3.05) is 18.1 Å². The Hall–Kier alpha value is -2.51. The van der Waals surface area contributed by atoms with Crippen LogP contribution in [-0.4, -0.2) is 50.7 Å². The number of carbonyl (C=O) groups is 1. The first-order valence-corrected chi connectivity index (χ1v) is 12.5. The van der Waals surface area contributed by atoms with Crippen molar-refractivity contribution in [3.05, 3.63) is 66.0 Å². The third-order valence-corrected chi connectivity index (χ3v) is 8.10. The lowest BCUT2D eigenvalue weighted by atomic mass is 9.91. The summed E-state index contributed by atoms with van der Waals surface area (Å²) in [7, 11) is 0. The number of imidazole rings is 1. The van der Waals surface area contributed by atoms with E-state index < -0.39 is 6.09 Å². The van der Waals surface area contributed by atoms with Gasteiger partial charge < -0.3 is 15.0 Å². The number of nitrogens with zero attached hydrogens (tertiary/aromatic N) is 3. The maximum Gasteiger partial charge on any atom is 0.405 e. The van der Waals surface area contributed by atoms with Gasteiger partial charge in [-0.15, -0.1) is 0 Å². The summed E-state index contributed by atoms with van der Waals surface area (Å²) in [5, 5.41) is 0. The van der Waals surface area contributed by atoms with Crippen LogP contribution in [0.4, 0.5) is 4.79 Å². The molecule has 3 heterocycles. The molecule has 2 bridgehead atoms. The number of nitrogens with two attached hydrogens (primary N) is 1. The molecule has 2 N–H and O–H groups in total. The lowest BCUT2D eigenvalue weighted by Gasteiger charge is -2.49. The highest BCUT2D eigenvalue weighted by Gasteiger charge is 2.40. The number of carbonyl (C=O) groups excluding carboxylic acids is 1. The number of amides is 1. The number of thioether (sulfide) groups is 1. The Labute approximate surface area is 193 Å². The van der Waals surface area contributed by atoms with Crippen LogP contribution in [0.5, 0.6) is 0 Å². The minimum atomic E-state index is -0.712. The van der Waals surface area contributed by atoms with E-state index in [0.717, 1.165) is 54.2 Å². The van der Waals surface area contributed by atoms with Crippen molar-refractivity contribution < 1.29 is 9.53 Å². The van der Waals surface area contributed by atoms with Crippen LogP contribution in [0.15, 0.2) is 54.6 Å². The summed E-state index contributed by atoms with van der Waals surface area (Å²) < 4.78 is 7.95. The molecular formula is C25H30N4O2S. The van der Waals surface area contributed by atoms with Gasteiger partial charge in [-0.3, -0.25) is 4.90 Å². The van der Waals surface area contributed by atoms with Gasteiger partial charge >= 0.3 is 6.09 Å². The van der Waals surface area contributed by atoms with Gasteiger partial charge in [0, 0.05) is 42.6 Å². The Morgan fingerprint density at radius 3 is 2.50 bits per heavy atom. The van der Waals surface area contributed by atoms with Crippen LogP contribution in [0.1, 0.15) is 42.8 Å². The van der Waals surface area contributed by atoms with E-state index in [9.17, 15) is 4.79 Å². The zero-order chi connectivity index (χ0) is 22.1. The number of primary amides is 1. The minimum Gasteiger partial charge on any atom is -0.441 e. The van der Waals surface area contributed by atoms with Crippen LogP contribution in [-0.2, 0) is 4.74 Å². The number of hydrogen-bond acceptors (Lipinski definition) is 5. The third kappa shape index (κ3) is 4.24. The summed E-state index contributed by atoms with van der Waals surface area (Å²) in [6.07, 6.45) is 1.98. The number of aromatic nitrogens is 2. The van der Waals surface area contributed by atoms with Crippen molar-refractivity contribution in [1.29, 1.82) is 0 Å². The van der Waals surface area contributed by atoms with Crippen LogP contribution in [0.3, 0.4) is 0 Å². The molecule has 3 aromatic rings. The molecule has 0 unspecified atom stereocenters. The highest BCUT2D eigenvalue weighted by Crippen LogP contribution is 2.40. The summed E-state index contributed by atoms with van der Waals surface area (Å²) in [5.41, 5.74) is 8.71. The molecule has 2 saturated heterocycles. The molecule has 1 aromatic heterocycles. The predicted octanol–water partition coefficient (Wildman–Crippen LogP) is 4.69. The molecule has 5 rings (SSSR count). The van der Waals surface area contributed by atoms with Crippen LogP contribution in [0, 0.1) is 6.92 Å². The molecule has 1 amide bonds. The first-order valence-electron chi connectivity index (χ1n) is 11.4. The van der Waals surface area contributed by atoms with Gasteiger partial charge in [0.1, 0.15) is 11.9 Å². The second-order valence-electron chi connectivity index (χ2n) is 8.85. The first kappa shape index (κ1) is 21.3. The van der Waals surface area contributed by atoms with E-state index in [4.69, 9.17) is 15.5 Å². The molecule has 0 aliphatic carbocycles. The maximum atomic E-state index is 11.5. The van der Waals surface area contributed by atoms with Gasteiger partial charge in [0.15, 0.2) is 0 Å². The van der Waals surface area contributed by atoms with Gasteiger partial charge in [0.2, 0.25) is 0 Å². The van der Waals surface area contributed by atoms with Crippen LogP contribution in [0.2, 0.25) is 0 Å². The maximum absolute atomic E-state index is 11.5. The molecule has 2 aromatic carbocycles. The zero-order valence-corrected chi connectivity index (χ0v) is 19.2. The molecule has 7 heteroatoms. The Balaban J connectivity index is 1.33. The van der Waals surface area contributed by atoms with E-state index in [2.05, 4.69) is 52.4 Å². The van der Waals surface area contributed by atoms with Crippen molar-refractivity contribution >= 4 is 28.9 Å². The second-order valence-corrected chi connectivity index (χ2v) is 9.93. The monoisotopic (exact) mass is 450 g/mol. The van der Waals surface area contributed by atoms with Crippen molar-refractivity contribution in [2.45, 2.75) is 50.4 Å². The summed E-state index contributed by atoms with van der Waals surface area (Å²) in [5.74, 6) is 3.39. The van der Waals surface area contributed by atoms with Crippen LogP contribution >= 0.6 is 11.8 Å².